The molecule has 1 amide bonds. The SMILES string of the molecule is COC1CCC(NC(=O)c2nc(Cl)ccc2Cl)C1. The van der Waals surface area contributed by atoms with Gasteiger partial charge in [-0.05, 0) is 31.4 Å². The van der Waals surface area contributed by atoms with E-state index < -0.39 is 0 Å². The zero-order valence-electron chi connectivity index (χ0n) is 9.95. The van der Waals surface area contributed by atoms with Crippen LogP contribution in [-0.2, 0) is 4.74 Å². The third-order valence-corrected chi connectivity index (χ3v) is 3.60. The number of amides is 1. The third-order valence-electron chi connectivity index (χ3n) is 3.08. The largest absolute Gasteiger partial charge is 0.381 e. The molecule has 0 spiro atoms. The molecule has 1 fully saturated rings. The van der Waals surface area contributed by atoms with Crippen LogP contribution in [0.3, 0.4) is 0 Å². The number of hydrogen-bond acceptors (Lipinski definition) is 3. The van der Waals surface area contributed by atoms with Gasteiger partial charge in [0.1, 0.15) is 10.8 Å². The van der Waals surface area contributed by atoms with Gasteiger partial charge in [-0.15, -0.1) is 0 Å². The van der Waals surface area contributed by atoms with Gasteiger partial charge in [0.25, 0.3) is 5.91 Å². The predicted molar refractivity (Wildman–Crippen MR) is 70.2 cm³/mol. The first-order valence-corrected chi connectivity index (χ1v) is 6.51. The first kappa shape index (κ1) is 13.6. The Morgan fingerprint density at radius 2 is 2.22 bits per heavy atom. The van der Waals surface area contributed by atoms with Crippen molar-refractivity contribution in [2.24, 2.45) is 0 Å². The Morgan fingerprint density at radius 3 is 2.89 bits per heavy atom. The molecule has 2 atom stereocenters. The molecule has 1 N–H and O–H groups in total. The molecule has 1 saturated carbocycles. The number of ether oxygens (including phenoxy) is 1. The van der Waals surface area contributed by atoms with Crippen molar-refractivity contribution in [3.05, 3.63) is 28.0 Å². The second-order valence-corrected chi connectivity index (χ2v) is 5.10. The molecule has 18 heavy (non-hydrogen) atoms. The summed E-state index contributed by atoms with van der Waals surface area (Å²) in [4.78, 5) is 16.0. The molecular formula is C12H14Cl2N2O2. The maximum atomic E-state index is 12.0. The number of carbonyl (C=O) groups excluding carboxylic acids is 1. The van der Waals surface area contributed by atoms with Crippen molar-refractivity contribution < 1.29 is 9.53 Å². The second-order valence-electron chi connectivity index (χ2n) is 4.31. The van der Waals surface area contributed by atoms with Gasteiger partial charge >= 0.3 is 0 Å². The highest BCUT2D eigenvalue weighted by molar-refractivity contribution is 6.34. The van der Waals surface area contributed by atoms with E-state index in [-0.39, 0.29) is 28.9 Å². The van der Waals surface area contributed by atoms with Crippen LogP contribution in [0.5, 0.6) is 0 Å². The summed E-state index contributed by atoms with van der Waals surface area (Å²) in [5.74, 6) is -0.288. The monoisotopic (exact) mass is 288 g/mol. The number of nitrogens with one attached hydrogen (secondary N) is 1. The number of methoxy groups -OCH3 is 1. The minimum atomic E-state index is -0.288. The van der Waals surface area contributed by atoms with Crippen LogP contribution in [0.25, 0.3) is 0 Å². The van der Waals surface area contributed by atoms with E-state index in [4.69, 9.17) is 27.9 Å². The van der Waals surface area contributed by atoms with Gasteiger partial charge in [-0.25, -0.2) is 4.98 Å². The molecule has 2 unspecified atom stereocenters. The van der Waals surface area contributed by atoms with Gasteiger partial charge in [0.05, 0.1) is 11.1 Å². The van der Waals surface area contributed by atoms with Crippen LogP contribution in [0, 0.1) is 0 Å². The standard InChI is InChI=1S/C12H14Cl2N2O2/c1-18-8-3-2-7(6-8)15-12(17)11-9(13)4-5-10(14)16-11/h4-5,7-8H,2-3,6H2,1H3,(H,15,17). The van der Waals surface area contributed by atoms with E-state index >= 15 is 0 Å². The van der Waals surface area contributed by atoms with Gasteiger partial charge in [-0.3, -0.25) is 4.79 Å². The summed E-state index contributed by atoms with van der Waals surface area (Å²) in [6.07, 6.45) is 2.90. The van der Waals surface area contributed by atoms with Crippen molar-refractivity contribution in [3.63, 3.8) is 0 Å². The van der Waals surface area contributed by atoms with E-state index in [9.17, 15) is 4.79 Å². The molecule has 2 rings (SSSR count). The number of aromatic nitrogens is 1. The van der Waals surface area contributed by atoms with Gasteiger partial charge in [-0.1, -0.05) is 23.2 Å². The Morgan fingerprint density at radius 1 is 1.44 bits per heavy atom. The van der Waals surface area contributed by atoms with Crippen molar-refractivity contribution in [2.75, 3.05) is 7.11 Å². The molecule has 1 aliphatic rings. The Kier molecular flexibility index (Phi) is 4.43. The molecule has 0 aromatic carbocycles. The molecule has 6 heteroatoms. The normalized spacial score (nSPS) is 23.1. The van der Waals surface area contributed by atoms with E-state index in [0.29, 0.717) is 5.02 Å². The predicted octanol–water partition coefficient (Wildman–Crippen LogP) is 2.69. The van der Waals surface area contributed by atoms with Crippen LogP contribution in [0.15, 0.2) is 12.1 Å². The van der Waals surface area contributed by atoms with Crippen LogP contribution in [0.2, 0.25) is 10.2 Å². The summed E-state index contributed by atoms with van der Waals surface area (Å²) in [5.41, 5.74) is 0.171. The maximum Gasteiger partial charge on any atom is 0.271 e. The summed E-state index contributed by atoms with van der Waals surface area (Å²) in [5, 5.41) is 3.46. The molecule has 98 valence electrons. The average Bonchev–Trinajstić information content (AvgIpc) is 2.80. The lowest BCUT2D eigenvalue weighted by Crippen LogP contribution is -2.34. The molecular weight excluding hydrogens is 275 g/mol. The smallest absolute Gasteiger partial charge is 0.271 e. The fourth-order valence-electron chi connectivity index (χ4n) is 2.12. The average molecular weight is 289 g/mol. The molecule has 4 nitrogen and oxygen atoms in total. The van der Waals surface area contributed by atoms with Crippen LogP contribution in [0.4, 0.5) is 0 Å². The van der Waals surface area contributed by atoms with Gasteiger partial charge in [0, 0.05) is 13.2 Å². The Balaban J connectivity index is 2.02. The number of hydrogen-bond donors (Lipinski definition) is 1. The number of halogens is 2. The van der Waals surface area contributed by atoms with Crippen LogP contribution in [0.1, 0.15) is 29.8 Å². The Hall–Kier alpha value is -0.840. The van der Waals surface area contributed by atoms with Crippen LogP contribution >= 0.6 is 23.2 Å². The van der Waals surface area contributed by atoms with E-state index in [1.165, 1.54) is 0 Å². The third kappa shape index (κ3) is 3.13. The highest BCUT2D eigenvalue weighted by atomic mass is 35.5. The maximum absolute atomic E-state index is 12.0. The Bertz CT molecular complexity index is 454. The molecule has 0 radical (unpaired) electrons. The van der Waals surface area contributed by atoms with Crippen molar-refractivity contribution in [1.82, 2.24) is 10.3 Å². The first-order chi connectivity index (χ1) is 8.60. The van der Waals surface area contributed by atoms with Crippen LogP contribution in [-0.4, -0.2) is 30.1 Å². The van der Waals surface area contributed by atoms with Gasteiger partial charge in [0.15, 0.2) is 0 Å². The van der Waals surface area contributed by atoms with Gasteiger partial charge in [0.2, 0.25) is 0 Å². The Labute approximate surface area is 116 Å². The molecule has 0 bridgehead atoms. The summed E-state index contributed by atoms with van der Waals surface area (Å²) >= 11 is 11.7. The number of carbonyl (C=O) groups is 1. The summed E-state index contributed by atoms with van der Waals surface area (Å²) in [7, 11) is 1.68. The number of nitrogens with zero attached hydrogens (tertiary/aromatic N) is 1. The quantitative estimate of drug-likeness (QED) is 0.870. The highest BCUT2D eigenvalue weighted by Gasteiger charge is 2.26. The summed E-state index contributed by atoms with van der Waals surface area (Å²) in [6, 6.07) is 3.23. The van der Waals surface area contributed by atoms with Crippen molar-refractivity contribution in [2.45, 2.75) is 31.4 Å². The van der Waals surface area contributed by atoms with Crippen molar-refractivity contribution >= 4 is 29.1 Å². The molecule has 1 aliphatic carbocycles. The molecule has 1 aromatic rings. The molecule has 1 aromatic heterocycles. The summed E-state index contributed by atoms with van der Waals surface area (Å²) in [6.45, 7) is 0. The molecule has 1 heterocycles. The van der Waals surface area contributed by atoms with E-state index in [1.54, 1.807) is 19.2 Å². The minimum Gasteiger partial charge on any atom is -0.381 e. The molecule has 0 aliphatic heterocycles. The zero-order valence-corrected chi connectivity index (χ0v) is 11.5. The van der Waals surface area contributed by atoms with Crippen molar-refractivity contribution in [1.29, 1.82) is 0 Å². The van der Waals surface area contributed by atoms with E-state index in [2.05, 4.69) is 10.3 Å². The fraction of sp³-hybridized carbons (Fsp3) is 0.500. The second kappa shape index (κ2) is 5.87. The number of pyridine rings is 1. The van der Waals surface area contributed by atoms with Crippen molar-refractivity contribution in [3.8, 4) is 0 Å². The van der Waals surface area contributed by atoms with Gasteiger partial charge in [-0.2, -0.15) is 0 Å². The van der Waals surface area contributed by atoms with E-state index in [1.807, 2.05) is 0 Å². The lowest BCUT2D eigenvalue weighted by atomic mass is 10.2. The van der Waals surface area contributed by atoms with Gasteiger partial charge < -0.3 is 10.1 Å². The van der Waals surface area contributed by atoms with E-state index in [0.717, 1.165) is 19.3 Å². The highest BCUT2D eigenvalue weighted by Crippen LogP contribution is 2.22. The summed E-state index contributed by atoms with van der Waals surface area (Å²) < 4.78 is 5.26. The fourth-order valence-corrected chi connectivity index (χ4v) is 2.46. The number of rotatable bonds is 3. The zero-order chi connectivity index (χ0) is 13.1. The minimum absolute atomic E-state index is 0.110. The lowest BCUT2D eigenvalue weighted by molar-refractivity contribution is 0.0910. The lowest BCUT2D eigenvalue weighted by Gasteiger charge is -2.13. The van der Waals surface area contributed by atoms with Crippen LogP contribution < -0.4 is 5.32 Å². The topological polar surface area (TPSA) is 51.2 Å². The molecule has 0 saturated heterocycles. The first-order valence-electron chi connectivity index (χ1n) is 5.76.